The summed E-state index contributed by atoms with van der Waals surface area (Å²) in [6, 6.07) is 0.642. The number of aliphatic hydroxyl groups excluding tert-OH is 2. The first-order chi connectivity index (χ1) is 22.8. The van der Waals surface area contributed by atoms with Crippen molar-refractivity contribution in [1.82, 2.24) is 24.8 Å². The fourth-order valence-corrected chi connectivity index (χ4v) is 8.56. The molecule has 0 aliphatic heterocycles. The van der Waals surface area contributed by atoms with Crippen molar-refractivity contribution in [2.75, 3.05) is 39.2 Å². The van der Waals surface area contributed by atoms with Crippen molar-refractivity contribution in [3.63, 3.8) is 0 Å². The summed E-state index contributed by atoms with van der Waals surface area (Å²) >= 11 is 0. The third-order valence-electron chi connectivity index (χ3n) is 7.54. The van der Waals surface area contributed by atoms with Crippen LogP contribution in [0.15, 0.2) is 12.7 Å². The molecule has 0 saturated heterocycles. The molecule has 2 aromatic heterocycles. The van der Waals surface area contributed by atoms with E-state index in [0.29, 0.717) is 23.9 Å². The van der Waals surface area contributed by atoms with Crippen molar-refractivity contribution in [1.29, 1.82) is 0 Å². The number of nitrogens with one attached hydrogen (secondary N) is 2. The standard InChI is InChI=1S/C25H47N6O14P3/c1-40-20(16-42-47(37,38)45-48(39,43-41-2)44-46(34,35)36)22(32)25(33)31-18-30-21-23(28-17-29-24(21)31)27-15-11-7-6-10-14-26-19-12-8-4-3-5-9-13-19/h17-20,22,25-26,32-33H,3-16H2,1-2H3,(H,37,38)(H,27,28,29)(H2,34,35,36). The van der Waals surface area contributed by atoms with Crippen LogP contribution in [0.25, 0.3) is 11.2 Å². The van der Waals surface area contributed by atoms with Crippen LogP contribution in [0, 0.1) is 0 Å². The summed E-state index contributed by atoms with van der Waals surface area (Å²) in [6.45, 7) is 0.698. The van der Waals surface area contributed by atoms with Gasteiger partial charge in [0, 0.05) is 19.7 Å². The minimum Gasteiger partial charge on any atom is -0.386 e. The van der Waals surface area contributed by atoms with Crippen LogP contribution in [0.5, 0.6) is 0 Å². The Morgan fingerprint density at radius 2 is 1.58 bits per heavy atom. The third kappa shape index (κ3) is 13.7. The second-order valence-corrected chi connectivity index (χ2v) is 15.7. The minimum absolute atomic E-state index is 0.165. The average Bonchev–Trinajstić information content (AvgIpc) is 3.42. The molecule has 7 N–H and O–H groups in total. The molecule has 2 aromatic rings. The van der Waals surface area contributed by atoms with Gasteiger partial charge in [-0.25, -0.2) is 33.5 Å². The summed E-state index contributed by atoms with van der Waals surface area (Å²) < 4.78 is 58.4. The Morgan fingerprint density at radius 3 is 2.23 bits per heavy atom. The van der Waals surface area contributed by atoms with Gasteiger partial charge >= 0.3 is 23.5 Å². The van der Waals surface area contributed by atoms with E-state index in [0.717, 1.165) is 51.0 Å². The van der Waals surface area contributed by atoms with Gasteiger partial charge in [0.2, 0.25) is 0 Å². The van der Waals surface area contributed by atoms with Gasteiger partial charge in [-0.1, -0.05) is 44.9 Å². The van der Waals surface area contributed by atoms with Crippen LogP contribution in [-0.2, 0) is 41.1 Å². The quantitative estimate of drug-likeness (QED) is 0.0394. The highest BCUT2D eigenvalue weighted by Gasteiger charge is 2.45. The summed E-state index contributed by atoms with van der Waals surface area (Å²) in [5.74, 6) is 0.427. The summed E-state index contributed by atoms with van der Waals surface area (Å²) in [7, 11) is -14.7. The number of hydrogen-bond acceptors (Lipinski definition) is 16. The van der Waals surface area contributed by atoms with Crippen molar-refractivity contribution in [3.8, 4) is 0 Å². The van der Waals surface area contributed by atoms with Crippen LogP contribution < -0.4 is 10.6 Å². The van der Waals surface area contributed by atoms with E-state index in [2.05, 4.69) is 48.3 Å². The van der Waals surface area contributed by atoms with Gasteiger partial charge in [0.05, 0.1) is 20.0 Å². The van der Waals surface area contributed by atoms with E-state index in [9.17, 15) is 28.8 Å². The zero-order valence-electron chi connectivity index (χ0n) is 26.9. The summed E-state index contributed by atoms with van der Waals surface area (Å²) in [4.78, 5) is 44.3. The number of phosphoric ester groups is 1. The number of hydrogen-bond donors (Lipinski definition) is 7. The molecular formula is C25H47N6O14P3. The molecule has 5 atom stereocenters. The van der Waals surface area contributed by atoms with E-state index in [4.69, 9.17) is 14.5 Å². The second kappa shape index (κ2) is 19.8. The number of aliphatic hydroxyl groups is 2. The minimum atomic E-state index is -5.55. The Morgan fingerprint density at radius 1 is 0.917 bits per heavy atom. The Kier molecular flexibility index (Phi) is 16.9. The van der Waals surface area contributed by atoms with E-state index >= 15 is 0 Å². The van der Waals surface area contributed by atoms with Gasteiger partial charge in [-0.05, 0) is 32.2 Å². The molecule has 1 fully saturated rings. The molecule has 1 aliphatic carbocycles. The van der Waals surface area contributed by atoms with Crippen molar-refractivity contribution in [3.05, 3.63) is 12.7 Å². The van der Waals surface area contributed by atoms with Gasteiger partial charge in [-0.15, -0.1) is 4.67 Å². The van der Waals surface area contributed by atoms with Crippen molar-refractivity contribution in [2.45, 2.75) is 95.1 Å². The van der Waals surface area contributed by atoms with Crippen molar-refractivity contribution in [2.24, 2.45) is 0 Å². The predicted octanol–water partition coefficient (Wildman–Crippen LogP) is 3.30. The first-order valence-corrected chi connectivity index (χ1v) is 20.1. The van der Waals surface area contributed by atoms with Crippen LogP contribution in [0.4, 0.5) is 5.82 Å². The van der Waals surface area contributed by atoms with E-state index in [1.165, 1.54) is 57.6 Å². The van der Waals surface area contributed by atoms with Gasteiger partial charge < -0.3 is 40.3 Å². The number of ether oxygens (including phenoxy) is 1. The van der Waals surface area contributed by atoms with Crippen LogP contribution >= 0.6 is 23.5 Å². The number of imidazole rings is 1. The number of rotatable bonds is 22. The maximum absolute atomic E-state index is 12.3. The van der Waals surface area contributed by atoms with Gasteiger partial charge in [0.15, 0.2) is 23.2 Å². The van der Waals surface area contributed by atoms with Gasteiger partial charge in [-0.2, -0.15) is 8.62 Å². The molecule has 0 radical (unpaired) electrons. The zero-order chi connectivity index (χ0) is 35.2. The fraction of sp³-hybridized carbons (Fsp3) is 0.800. The normalized spacial score (nSPS) is 19.6. The Bertz CT molecular complexity index is 1390. The molecule has 0 bridgehead atoms. The van der Waals surface area contributed by atoms with Crippen LogP contribution in [0.1, 0.15) is 76.9 Å². The fourth-order valence-electron chi connectivity index (χ4n) is 5.20. The van der Waals surface area contributed by atoms with Gasteiger partial charge in [-0.3, -0.25) is 9.09 Å². The number of methoxy groups -OCH3 is 1. The highest BCUT2D eigenvalue weighted by Crippen LogP contribution is 2.69. The van der Waals surface area contributed by atoms with E-state index < -0.39 is 48.5 Å². The predicted molar refractivity (Wildman–Crippen MR) is 170 cm³/mol. The molecule has 1 saturated carbocycles. The summed E-state index contributed by atoms with van der Waals surface area (Å²) in [5, 5.41) is 28.7. The first kappa shape index (κ1) is 41.0. The lowest BCUT2D eigenvalue weighted by molar-refractivity contribution is -0.193. The molecule has 276 valence electrons. The van der Waals surface area contributed by atoms with Gasteiger partial charge in [0.1, 0.15) is 18.5 Å². The number of unbranched alkanes of at least 4 members (excludes halogenated alkanes) is 3. The van der Waals surface area contributed by atoms with E-state index in [1.54, 1.807) is 0 Å². The second-order valence-electron chi connectivity index (χ2n) is 11.2. The number of fused-ring (bicyclic) bond motifs is 1. The molecule has 1 aliphatic rings. The Labute approximate surface area is 278 Å². The topological polar surface area (TPSA) is 275 Å². The zero-order valence-corrected chi connectivity index (χ0v) is 29.6. The molecule has 5 unspecified atom stereocenters. The monoisotopic (exact) mass is 748 g/mol. The molecule has 0 amide bonds. The molecule has 3 rings (SSSR count). The first-order valence-electron chi connectivity index (χ1n) is 15.6. The number of phosphoric acid groups is 3. The van der Waals surface area contributed by atoms with Crippen LogP contribution in [0.2, 0.25) is 0 Å². The Hall–Kier alpha value is -1.44. The maximum Gasteiger partial charge on any atom is 0.519 e. The van der Waals surface area contributed by atoms with Crippen LogP contribution in [0.3, 0.4) is 0 Å². The van der Waals surface area contributed by atoms with Crippen LogP contribution in [-0.4, -0.2) is 96.6 Å². The average molecular weight is 749 g/mol. The smallest absolute Gasteiger partial charge is 0.386 e. The number of aromatic nitrogens is 4. The number of anilines is 1. The van der Waals surface area contributed by atoms with E-state index in [-0.39, 0.29) is 5.65 Å². The molecule has 48 heavy (non-hydrogen) atoms. The Balaban J connectivity index is 1.49. The van der Waals surface area contributed by atoms with Crippen molar-refractivity contribution < 1.29 is 66.0 Å². The molecule has 0 spiro atoms. The lowest BCUT2D eigenvalue weighted by Gasteiger charge is -2.27. The largest absolute Gasteiger partial charge is 0.519 e. The summed E-state index contributed by atoms with van der Waals surface area (Å²) in [5.41, 5.74) is 0.489. The lowest BCUT2D eigenvalue weighted by Crippen LogP contribution is -2.39. The molecule has 0 aromatic carbocycles. The van der Waals surface area contributed by atoms with Crippen molar-refractivity contribution >= 4 is 40.4 Å². The van der Waals surface area contributed by atoms with Gasteiger partial charge in [0.25, 0.3) is 0 Å². The molecular weight excluding hydrogens is 701 g/mol. The maximum atomic E-state index is 12.3. The van der Waals surface area contributed by atoms with E-state index in [1.807, 2.05) is 0 Å². The highest BCUT2D eigenvalue weighted by atomic mass is 31.3. The third-order valence-corrected chi connectivity index (χ3v) is 11.6. The molecule has 2 heterocycles. The summed E-state index contributed by atoms with van der Waals surface area (Å²) in [6.07, 6.45) is 10.7. The molecule has 23 heteroatoms. The molecule has 20 nitrogen and oxygen atoms in total. The lowest BCUT2D eigenvalue weighted by atomic mass is 9.96. The highest BCUT2D eigenvalue weighted by molar-refractivity contribution is 7.67. The SMILES string of the molecule is COOP(=O)(OP(=O)(O)O)OP(=O)(O)OCC(OC)C(O)C(O)n1cnc2c(NCCCCCCNC3CCCCCCC3)ncnc21. The number of nitrogens with zero attached hydrogens (tertiary/aromatic N) is 4.